The van der Waals surface area contributed by atoms with E-state index in [0.717, 1.165) is 82.6 Å². The van der Waals surface area contributed by atoms with Crippen LogP contribution < -0.4 is 31.5 Å². The van der Waals surface area contributed by atoms with Crippen molar-refractivity contribution in [2.45, 2.75) is 89.3 Å². The number of piperazine rings is 1. The fourth-order valence-electron chi connectivity index (χ4n) is 7.83. The van der Waals surface area contributed by atoms with E-state index in [1.807, 2.05) is 12.1 Å². The largest absolute Gasteiger partial charge is 0.367 e. The highest BCUT2D eigenvalue weighted by Crippen LogP contribution is 2.30. The molecule has 5 N–H and O–H groups in total. The van der Waals surface area contributed by atoms with E-state index in [1.165, 1.54) is 36.2 Å². The number of carbonyl (C=O) groups is 4. The lowest BCUT2D eigenvalue weighted by Crippen LogP contribution is -2.52. The number of anilines is 3. The number of aldehydes is 1. The number of amides is 3. The van der Waals surface area contributed by atoms with Crippen molar-refractivity contribution in [3.05, 3.63) is 91.3 Å². The first kappa shape index (κ1) is 47.1. The number of carbonyl (C=O) groups excluding carboxylic acids is 4. The summed E-state index contributed by atoms with van der Waals surface area (Å²) in [4.78, 5) is 57.5. The van der Waals surface area contributed by atoms with Crippen LogP contribution in [0.25, 0.3) is 11.3 Å². The predicted molar refractivity (Wildman–Crippen MR) is 233 cm³/mol. The normalized spacial score (nSPS) is 20.1. The predicted octanol–water partition coefficient (Wildman–Crippen LogP) is 5.76. The zero-order valence-electron chi connectivity index (χ0n) is 35.0. The van der Waals surface area contributed by atoms with Gasteiger partial charge in [0, 0.05) is 81.8 Å². The van der Waals surface area contributed by atoms with Gasteiger partial charge in [-0.25, -0.2) is 18.7 Å². The molecule has 0 radical (unpaired) electrons. The molecule has 60 heavy (non-hydrogen) atoms. The molecule has 0 bridgehead atoms. The Hall–Kier alpha value is -5.54. The molecule has 324 valence electrons. The van der Waals surface area contributed by atoms with E-state index in [4.69, 9.17) is 4.79 Å². The third-order valence-electron chi connectivity index (χ3n) is 11.3. The number of aromatic nitrogens is 2. The molecule has 1 aromatic heterocycles. The number of nitrogens with two attached hydrogens (primary N) is 1. The number of aryl methyl sites for hydroxylation is 1. The fraction of sp³-hybridized carbons (Fsp3) is 0.467. The van der Waals surface area contributed by atoms with Gasteiger partial charge >= 0.3 is 0 Å². The molecule has 3 aromatic rings. The number of nitrogens with zero attached hydrogens (tertiary/aromatic N) is 5. The summed E-state index contributed by atoms with van der Waals surface area (Å²) in [6.07, 6.45) is 14.9. The average molecular weight is 830 g/mol. The van der Waals surface area contributed by atoms with Crippen molar-refractivity contribution in [2.75, 3.05) is 54.9 Å². The highest BCUT2D eigenvalue weighted by molar-refractivity contribution is 6.02. The number of benzene rings is 2. The van der Waals surface area contributed by atoms with Gasteiger partial charge in [0.1, 0.15) is 17.8 Å². The van der Waals surface area contributed by atoms with E-state index in [-0.39, 0.29) is 29.9 Å². The van der Waals surface area contributed by atoms with Crippen LogP contribution in [0.1, 0.15) is 70.3 Å². The molecule has 2 saturated carbocycles. The van der Waals surface area contributed by atoms with Crippen molar-refractivity contribution in [1.82, 2.24) is 25.5 Å². The van der Waals surface area contributed by atoms with Crippen LogP contribution in [-0.2, 0) is 25.6 Å². The Labute approximate surface area is 352 Å². The third kappa shape index (κ3) is 14.0. The molecule has 3 fully saturated rings. The van der Waals surface area contributed by atoms with Crippen molar-refractivity contribution in [1.29, 1.82) is 0 Å². The van der Waals surface area contributed by atoms with Crippen molar-refractivity contribution < 1.29 is 28.0 Å². The quantitative estimate of drug-likeness (QED) is 0.116. The van der Waals surface area contributed by atoms with Crippen LogP contribution in [0.4, 0.5) is 26.1 Å². The summed E-state index contributed by atoms with van der Waals surface area (Å²) in [5.41, 5.74) is 7.48. The zero-order chi connectivity index (χ0) is 43.4. The first-order valence-corrected chi connectivity index (χ1v) is 20.8. The van der Waals surface area contributed by atoms with Gasteiger partial charge in [0.2, 0.25) is 18.3 Å². The maximum Gasteiger partial charge on any atom is 0.254 e. The Kier molecular flexibility index (Phi) is 19.3. The standard InChI is InChI=1S/C22H25FN4O.C21H31FN4O2.C2H5NO/c1-4-20(28)27(5-2)18-8-6-7-16(13-18)21-19(23)14-24-22(26-21)25-17-11-9-15(3)10-12-17;1-23-21(28)9-3-16-2-8-20(19(22)14-16)26-12-10-25(11-13-26)18-6-4-17(5-7-18)24-15-27;3-1-2-4/h4-8,13-15,17H,1-2,9-12H2,3H3,(H,24,25,26);2,8,14-15,17-18H,3-7,9-13H2,1H3,(H,23,28)(H,24,27);2H,1,3H2. The van der Waals surface area contributed by atoms with E-state index >= 15 is 0 Å². The fourth-order valence-corrected chi connectivity index (χ4v) is 7.83. The minimum absolute atomic E-state index is 0.0309. The first-order valence-electron chi connectivity index (χ1n) is 20.8. The van der Waals surface area contributed by atoms with Crippen LogP contribution in [0.2, 0.25) is 0 Å². The first-order chi connectivity index (χ1) is 29.0. The van der Waals surface area contributed by atoms with E-state index in [1.54, 1.807) is 37.4 Å². The van der Waals surface area contributed by atoms with Crippen LogP contribution in [0.15, 0.2) is 74.1 Å². The number of hydrogen-bond donors (Lipinski definition) is 4. The Balaban J connectivity index is 0.000000243. The van der Waals surface area contributed by atoms with Crippen molar-refractivity contribution in [2.24, 2.45) is 11.7 Å². The monoisotopic (exact) mass is 829 g/mol. The summed E-state index contributed by atoms with van der Waals surface area (Å²) < 4.78 is 29.1. The summed E-state index contributed by atoms with van der Waals surface area (Å²) in [5, 5.41) is 8.81. The molecule has 1 saturated heterocycles. The SMILES string of the molecule is C=CC(=O)N(C=C)c1cccc(-c2nc(NC3CCC(C)CC3)ncc2F)c1.CNC(=O)CCc1ccc(N2CCN(C3CCC(NC=O)CC3)CC2)c(F)c1.NCC=O. The highest BCUT2D eigenvalue weighted by atomic mass is 19.1. The Morgan fingerprint density at radius 1 is 0.933 bits per heavy atom. The molecule has 0 spiro atoms. The minimum atomic E-state index is -0.514. The molecule has 6 rings (SSSR count). The van der Waals surface area contributed by atoms with Crippen LogP contribution in [0.3, 0.4) is 0 Å². The number of halogens is 2. The Bertz CT molecular complexity index is 1870. The van der Waals surface area contributed by atoms with E-state index in [2.05, 4.69) is 61.5 Å². The smallest absolute Gasteiger partial charge is 0.254 e. The third-order valence-corrected chi connectivity index (χ3v) is 11.3. The van der Waals surface area contributed by atoms with Gasteiger partial charge in [-0.3, -0.25) is 24.2 Å². The average Bonchev–Trinajstić information content (AvgIpc) is 3.28. The summed E-state index contributed by atoms with van der Waals surface area (Å²) in [5.74, 6) is 0.102. The Morgan fingerprint density at radius 3 is 2.22 bits per heavy atom. The zero-order valence-corrected chi connectivity index (χ0v) is 35.0. The van der Waals surface area contributed by atoms with E-state index in [0.29, 0.717) is 60.1 Å². The van der Waals surface area contributed by atoms with Gasteiger partial charge in [-0.05, 0) is 99.6 Å². The van der Waals surface area contributed by atoms with Gasteiger partial charge in [0.25, 0.3) is 5.91 Å². The topological polar surface area (TPSA) is 166 Å². The van der Waals surface area contributed by atoms with Crippen molar-refractivity contribution >= 4 is 41.8 Å². The second-order valence-electron chi connectivity index (χ2n) is 15.3. The molecular weight excluding hydrogens is 769 g/mol. The van der Waals surface area contributed by atoms with Gasteiger partial charge in [0.05, 0.1) is 11.9 Å². The molecule has 0 unspecified atom stereocenters. The highest BCUT2D eigenvalue weighted by Gasteiger charge is 2.29. The molecule has 0 atom stereocenters. The molecular formula is C45H61F2N9O4. The van der Waals surface area contributed by atoms with Gasteiger partial charge in [-0.2, -0.15) is 0 Å². The van der Waals surface area contributed by atoms with Gasteiger partial charge in [0.15, 0.2) is 5.82 Å². The second-order valence-corrected chi connectivity index (χ2v) is 15.3. The molecule has 15 heteroatoms. The molecule has 2 heterocycles. The van der Waals surface area contributed by atoms with E-state index < -0.39 is 5.82 Å². The van der Waals surface area contributed by atoms with Crippen LogP contribution >= 0.6 is 0 Å². The number of hydrogen-bond acceptors (Lipinski definition) is 10. The molecule has 2 aliphatic carbocycles. The molecule has 13 nitrogen and oxygen atoms in total. The van der Waals surface area contributed by atoms with Crippen LogP contribution in [-0.4, -0.2) is 97.3 Å². The Morgan fingerprint density at radius 2 is 1.62 bits per heavy atom. The second kappa shape index (κ2) is 24.5. The molecule has 3 amide bonds. The maximum atomic E-state index is 14.6. The van der Waals surface area contributed by atoms with Gasteiger partial charge in [-0.1, -0.05) is 38.3 Å². The lowest BCUT2D eigenvalue weighted by Gasteiger charge is -2.42. The van der Waals surface area contributed by atoms with Gasteiger partial charge in [-0.15, -0.1) is 0 Å². The van der Waals surface area contributed by atoms with Crippen LogP contribution in [0, 0.1) is 17.6 Å². The molecule has 1 aliphatic heterocycles. The summed E-state index contributed by atoms with van der Waals surface area (Å²) in [6.45, 7) is 13.1. The lowest BCUT2D eigenvalue weighted by molar-refractivity contribution is -0.120. The summed E-state index contributed by atoms with van der Waals surface area (Å²) in [6, 6.07) is 13.5. The summed E-state index contributed by atoms with van der Waals surface area (Å²) >= 11 is 0. The number of rotatable bonds is 14. The number of nitrogens with one attached hydrogen (secondary N) is 3. The van der Waals surface area contributed by atoms with Crippen LogP contribution in [0.5, 0.6) is 0 Å². The van der Waals surface area contributed by atoms with Gasteiger partial charge < -0.3 is 31.4 Å². The van der Waals surface area contributed by atoms with E-state index in [9.17, 15) is 23.2 Å². The lowest BCUT2D eigenvalue weighted by atomic mass is 9.87. The van der Waals surface area contributed by atoms with Crippen molar-refractivity contribution in [3.63, 3.8) is 0 Å². The minimum Gasteiger partial charge on any atom is -0.367 e. The van der Waals surface area contributed by atoms with Crippen molar-refractivity contribution in [3.8, 4) is 11.3 Å². The molecule has 2 aromatic carbocycles. The maximum absolute atomic E-state index is 14.6. The summed E-state index contributed by atoms with van der Waals surface area (Å²) in [7, 11) is 1.61. The molecule has 3 aliphatic rings.